The average Bonchev–Trinajstić information content (AvgIpc) is 2.74. The third-order valence-electron chi connectivity index (χ3n) is 2.74. The fraction of sp³-hybridized carbons (Fsp3) is 0.455. The van der Waals surface area contributed by atoms with Crippen LogP contribution in [0.5, 0.6) is 0 Å². The summed E-state index contributed by atoms with van der Waals surface area (Å²) in [6.07, 6.45) is 3.76. The van der Waals surface area contributed by atoms with E-state index in [0.29, 0.717) is 5.56 Å². The molecule has 0 N–H and O–H groups in total. The third kappa shape index (κ3) is 1.93. The fourth-order valence-corrected chi connectivity index (χ4v) is 1.78. The predicted octanol–water partition coefficient (Wildman–Crippen LogP) is 0.621. The number of carbonyl (C=O) groups excluding carboxylic acids is 1. The molecule has 2 heterocycles. The maximum absolute atomic E-state index is 11.9. The molecule has 1 saturated heterocycles. The maximum atomic E-state index is 11.9. The van der Waals surface area contributed by atoms with Crippen molar-refractivity contribution < 1.29 is 4.79 Å². The van der Waals surface area contributed by atoms with E-state index in [9.17, 15) is 9.59 Å². The molecule has 0 spiro atoms. The van der Waals surface area contributed by atoms with Crippen LogP contribution in [-0.4, -0.2) is 28.5 Å². The minimum atomic E-state index is -0.139. The van der Waals surface area contributed by atoms with Crippen LogP contribution in [0.3, 0.4) is 0 Å². The fourth-order valence-electron chi connectivity index (χ4n) is 1.78. The highest BCUT2D eigenvalue weighted by Gasteiger charge is 2.19. The van der Waals surface area contributed by atoms with Crippen LogP contribution in [0.25, 0.3) is 0 Å². The average molecular weight is 206 g/mol. The van der Waals surface area contributed by atoms with E-state index in [1.807, 2.05) is 0 Å². The molecule has 0 radical (unpaired) electrons. The van der Waals surface area contributed by atoms with Gasteiger partial charge in [-0.15, -0.1) is 0 Å². The Balaban J connectivity index is 2.25. The molecule has 1 aromatic rings. The van der Waals surface area contributed by atoms with Gasteiger partial charge >= 0.3 is 0 Å². The van der Waals surface area contributed by atoms with Crippen molar-refractivity contribution in [2.45, 2.75) is 12.8 Å². The van der Waals surface area contributed by atoms with Crippen LogP contribution in [0.1, 0.15) is 23.2 Å². The molecule has 15 heavy (non-hydrogen) atoms. The van der Waals surface area contributed by atoms with E-state index in [1.54, 1.807) is 24.2 Å². The number of amides is 1. The molecule has 0 unspecified atom stereocenters. The molecule has 2 rings (SSSR count). The first-order valence-corrected chi connectivity index (χ1v) is 5.14. The van der Waals surface area contributed by atoms with Crippen LogP contribution in [0.15, 0.2) is 23.1 Å². The van der Waals surface area contributed by atoms with Crippen LogP contribution in [-0.2, 0) is 7.05 Å². The predicted molar refractivity (Wildman–Crippen MR) is 56.8 cm³/mol. The largest absolute Gasteiger partial charge is 0.339 e. The van der Waals surface area contributed by atoms with Crippen LogP contribution < -0.4 is 5.56 Å². The molecule has 0 saturated carbocycles. The lowest BCUT2D eigenvalue weighted by atomic mass is 10.2. The number of likely N-dealkylation sites (tertiary alicyclic amines) is 1. The van der Waals surface area contributed by atoms with Gasteiger partial charge in [-0.1, -0.05) is 0 Å². The lowest BCUT2D eigenvalue weighted by Gasteiger charge is -2.14. The normalized spacial score (nSPS) is 15.7. The zero-order valence-electron chi connectivity index (χ0n) is 8.77. The Hall–Kier alpha value is -1.58. The number of nitrogens with zero attached hydrogens (tertiary/aromatic N) is 2. The van der Waals surface area contributed by atoms with Gasteiger partial charge in [-0.3, -0.25) is 9.59 Å². The molecule has 1 fully saturated rings. The zero-order valence-corrected chi connectivity index (χ0v) is 8.77. The molecule has 4 nitrogen and oxygen atoms in total. The zero-order chi connectivity index (χ0) is 10.8. The summed E-state index contributed by atoms with van der Waals surface area (Å²) in [5.74, 6) is -0.0230. The van der Waals surface area contributed by atoms with E-state index in [-0.39, 0.29) is 11.5 Å². The highest BCUT2D eigenvalue weighted by molar-refractivity contribution is 5.94. The van der Waals surface area contributed by atoms with Crippen molar-refractivity contribution in [1.29, 1.82) is 0 Å². The van der Waals surface area contributed by atoms with Crippen molar-refractivity contribution in [1.82, 2.24) is 9.47 Å². The standard InChI is InChI=1S/C11H14N2O2/c1-12-7-4-9(8-10(12)14)11(15)13-5-2-3-6-13/h4,7-8H,2-3,5-6H2,1H3. The summed E-state index contributed by atoms with van der Waals surface area (Å²) in [7, 11) is 1.67. The Morgan fingerprint density at radius 2 is 2.00 bits per heavy atom. The van der Waals surface area contributed by atoms with Crippen molar-refractivity contribution in [2.75, 3.05) is 13.1 Å². The van der Waals surface area contributed by atoms with E-state index >= 15 is 0 Å². The SMILES string of the molecule is Cn1ccc(C(=O)N2CCCC2)cc1=O. The molecule has 0 bridgehead atoms. The number of aryl methyl sites for hydroxylation is 1. The lowest BCUT2D eigenvalue weighted by Crippen LogP contribution is -2.29. The number of hydrogen-bond donors (Lipinski definition) is 0. The number of rotatable bonds is 1. The number of hydrogen-bond acceptors (Lipinski definition) is 2. The minimum Gasteiger partial charge on any atom is -0.339 e. The number of pyridine rings is 1. The summed E-state index contributed by atoms with van der Waals surface area (Å²) in [6, 6.07) is 3.10. The Morgan fingerprint density at radius 3 is 2.60 bits per heavy atom. The Bertz CT molecular complexity index is 430. The first-order valence-electron chi connectivity index (χ1n) is 5.14. The second kappa shape index (κ2) is 3.88. The highest BCUT2D eigenvalue weighted by Crippen LogP contribution is 2.11. The maximum Gasteiger partial charge on any atom is 0.254 e. The first-order chi connectivity index (χ1) is 7.18. The van der Waals surface area contributed by atoms with Gasteiger partial charge in [0.15, 0.2) is 0 Å². The number of carbonyl (C=O) groups is 1. The molecule has 0 aliphatic carbocycles. The molecule has 80 valence electrons. The Morgan fingerprint density at radius 1 is 1.33 bits per heavy atom. The molecule has 4 heteroatoms. The van der Waals surface area contributed by atoms with Gasteiger partial charge in [0.2, 0.25) is 0 Å². The van der Waals surface area contributed by atoms with Gasteiger partial charge in [-0.2, -0.15) is 0 Å². The molecule has 1 amide bonds. The smallest absolute Gasteiger partial charge is 0.254 e. The van der Waals surface area contributed by atoms with E-state index in [0.717, 1.165) is 25.9 Å². The van der Waals surface area contributed by atoms with Gasteiger partial charge in [-0.25, -0.2) is 0 Å². The van der Waals surface area contributed by atoms with Gasteiger partial charge in [-0.05, 0) is 18.9 Å². The highest BCUT2D eigenvalue weighted by atomic mass is 16.2. The molecular formula is C11H14N2O2. The monoisotopic (exact) mass is 206 g/mol. The van der Waals surface area contributed by atoms with Crippen molar-refractivity contribution in [3.63, 3.8) is 0 Å². The van der Waals surface area contributed by atoms with E-state index in [4.69, 9.17) is 0 Å². The molecule has 1 aliphatic rings. The molecule has 0 atom stereocenters. The summed E-state index contributed by atoms with van der Waals surface area (Å²) < 4.78 is 1.46. The summed E-state index contributed by atoms with van der Waals surface area (Å²) in [5.41, 5.74) is 0.361. The minimum absolute atomic E-state index is 0.0230. The summed E-state index contributed by atoms with van der Waals surface area (Å²) in [4.78, 5) is 25.0. The van der Waals surface area contributed by atoms with Gasteiger partial charge in [0.25, 0.3) is 11.5 Å². The van der Waals surface area contributed by atoms with Gasteiger partial charge in [0, 0.05) is 38.0 Å². The Labute approximate surface area is 88.1 Å². The lowest BCUT2D eigenvalue weighted by molar-refractivity contribution is 0.0792. The number of aromatic nitrogens is 1. The second-order valence-electron chi connectivity index (χ2n) is 3.86. The van der Waals surface area contributed by atoms with Gasteiger partial charge in [0.05, 0.1) is 0 Å². The summed E-state index contributed by atoms with van der Waals surface area (Å²) in [5, 5.41) is 0. The van der Waals surface area contributed by atoms with Crippen LogP contribution in [0, 0.1) is 0 Å². The van der Waals surface area contributed by atoms with E-state index in [2.05, 4.69) is 0 Å². The van der Waals surface area contributed by atoms with Crippen molar-refractivity contribution in [3.05, 3.63) is 34.2 Å². The molecule has 1 aliphatic heterocycles. The second-order valence-corrected chi connectivity index (χ2v) is 3.86. The van der Waals surface area contributed by atoms with E-state index < -0.39 is 0 Å². The molecule has 1 aromatic heterocycles. The third-order valence-corrected chi connectivity index (χ3v) is 2.74. The quantitative estimate of drug-likeness (QED) is 0.676. The molecule has 0 aromatic carbocycles. The first kappa shape index (κ1) is 9.96. The van der Waals surface area contributed by atoms with Gasteiger partial charge in [0.1, 0.15) is 0 Å². The summed E-state index contributed by atoms with van der Waals surface area (Å²) >= 11 is 0. The molecular weight excluding hydrogens is 192 g/mol. The van der Waals surface area contributed by atoms with Crippen molar-refractivity contribution in [2.24, 2.45) is 7.05 Å². The topological polar surface area (TPSA) is 42.3 Å². The van der Waals surface area contributed by atoms with Crippen LogP contribution >= 0.6 is 0 Å². The van der Waals surface area contributed by atoms with Crippen LogP contribution in [0.4, 0.5) is 0 Å². The van der Waals surface area contributed by atoms with E-state index in [1.165, 1.54) is 10.6 Å². The van der Waals surface area contributed by atoms with Gasteiger partial charge < -0.3 is 9.47 Å². The van der Waals surface area contributed by atoms with Crippen molar-refractivity contribution >= 4 is 5.91 Å². The Kier molecular flexibility index (Phi) is 2.58. The van der Waals surface area contributed by atoms with Crippen LogP contribution in [0.2, 0.25) is 0 Å². The van der Waals surface area contributed by atoms with Crippen molar-refractivity contribution in [3.8, 4) is 0 Å². The summed E-state index contributed by atoms with van der Waals surface area (Å²) in [6.45, 7) is 1.63.